The van der Waals surface area contributed by atoms with Gasteiger partial charge in [-0.3, -0.25) is 4.79 Å². The Labute approximate surface area is 129 Å². The Morgan fingerprint density at radius 3 is 2.59 bits per heavy atom. The number of hydrogen-bond donors (Lipinski definition) is 2. The second-order valence-corrected chi connectivity index (χ2v) is 6.20. The molecule has 0 radical (unpaired) electrons. The summed E-state index contributed by atoms with van der Waals surface area (Å²) in [6.45, 7) is 4.42. The normalized spacial score (nSPS) is 20.8. The molecule has 122 valence electrons. The van der Waals surface area contributed by atoms with Crippen LogP contribution in [0.4, 0.5) is 8.78 Å². The Bertz CT molecular complexity index is 535. The van der Waals surface area contributed by atoms with Crippen LogP contribution in [-0.4, -0.2) is 24.2 Å². The number of carbonyl (C=O) groups excluding carboxylic acids is 1. The highest BCUT2D eigenvalue weighted by Crippen LogP contribution is 2.48. The van der Waals surface area contributed by atoms with Gasteiger partial charge in [0, 0.05) is 23.9 Å². The van der Waals surface area contributed by atoms with E-state index in [-0.39, 0.29) is 29.8 Å². The molecule has 1 aliphatic carbocycles. The fourth-order valence-electron chi connectivity index (χ4n) is 2.82. The number of hydrogen-bond acceptors (Lipinski definition) is 2. The zero-order chi connectivity index (χ0) is 16.3. The molecule has 1 aliphatic rings. The summed E-state index contributed by atoms with van der Waals surface area (Å²) < 4.78 is 26.6. The molecule has 3 nitrogen and oxygen atoms in total. The number of rotatable bonds is 7. The SMILES string of the molecule is CCC(CC)(CO)CNC(=O)C1CC1c1ccc(F)cc1F. The van der Waals surface area contributed by atoms with Crippen LogP contribution < -0.4 is 5.32 Å². The van der Waals surface area contributed by atoms with Gasteiger partial charge in [0.1, 0.15) is 11.6 Å². The first-order valence-corrected chi connectivity index (χ1v) is 7.80. The van der Waals surface area contributed by atoms with Crippen LogP contribution in [0.15, 0.2) is 18.2 Å². The molecule has 0 spiro atoms. The van der Waals surface area contributed by atoms with Crippen molar-refractivity contribution in [2.45, 2.75) is 39.0 Å². The fraction of sp³-hybridized carbons (Fsp3) is 0.588. The highest BCUT2D eigenvalue weighted by molar-refractivity contribution is 5.82. The van der Waals surface area contributed by atoms with Gasteiger partial charge in [-0.05, 0) is 36.8 Å². The molecule has 0 aliphatic heterocycles. The number of aliphatic hydroxyl groups excluding tert-OH is 1. The second-order valence-electron chi connectivity index (χ2n) is 6.20. The molecular formula is C17H23F2NO2. The molecule has 0 heterocycles. The highest BCUT2D eigenvalue weighted by atomic mass is 19.1. The Morgan fingerprint density at radius 1 is 1.36 bits per heavy atom. The molecule has 1 saturated carbocycles. The van der Waals surface area contributed by atoms with Crippen LogP contribution in [0.5, 0.6) is 0 Å². The molecule has 1 amide bonds. The number of nitrogens with one attached hydrogen (secondary N) is 1. The van der Waals surface area contributed by atoms with Crippen LogP contribution in [0.2, 0.25) is 0 Å². The van der Waals surface area contributed by atoms with Crippen molar-refractivity contribution >= 4 is 5.91 Å². The Morgan fingerprint density at radius 2 is 2.05 bits per heavy atom. The predicted molar refractivity (Wildman–Crippen MR) is 80.3 cm³/mol. The summed E-state index contributed by atoms with van der Waals surface area (Å²) in [5.74, 6) is -1.75. The lowest BCUT2D eigenvalue weighted by Gasteiger charge is -2.29. The lowest BCUT2D eigenvalue weighted by molar-refractivity contribution is -0.123. The molecular weight excluding hydrogens is 288 g/mol. The maximum absolute atomic E-state index is 13.7. The van der Waals surface area contributed by atoms with E-state index in [4.69, 9.17) is 0 Å². The minimum absolute atomic E-state index is 0.0287. The Kier molecular flexibility index (Phi) is 5.16. The number of amides is 1. The summed E-state index contributed by atoms with van der Waals surface area (Å²) in [5.41, 5.74) is 0.113. The standard InChI is InChI=1S/C17H23F2NO2/c1-3-17(4-2,10-21)9-20-16(22)14-8-13(14)12-6-5-11(18)7-15(12)19/h5-7,13-14,21H,3-4,8-10H2,1-2H3,(H,20,22). The van der Waals surface area contributed by atoms with Gasteiger partial charge in [-0.2, -0.15) is 0 Å². The van der Waals surface area contributed by atoms with Gasteiger partial charge in [0.05, 0.1) is 6.61 Å². The minimum atomic E-state index is -0.610. The van der Waals surface area contributed by atoms with Crippen molar-refractivity contribution in [2.75, 3.05) is 13.2 Å². The average molecular weight is 311 g/mol. The molecule has 0 aromatic heterocycles. The zero-order valence-corrected chi connectivity index (χ0v) is 13.0. The van der Waals surface area contributed by atoms with E-state index < -0.39 is 11.6 Å². The van der Waals surface area contributed by atoms with Crippen molar-refractivity contribution in [2.24, 2.45) is 11.3 Å². The summed E-state index contributed by atoms with van der Waals surface area (Å²) in [7, 11) is 0. The third kappa shape index (κ3) is 3.46. The van der Waals surface area contributed by atoms with Crippen LogP contribution in [0, 0.1) is 23.0 Å². The van der Waals surface area contributed by atoms with E-state index >= 15 is 0 Å². The third-order valence-corrected chi connectivity index (χ3v) is 4.96. The molecule has 2 unspecified atom stereocenters. The van der Waals surface area contributed by atoms with E-state index in [1.807, 2.05) is 13.8 Å². The van der Waals surface area contributed by atoms with E-state index in [0.29, 0.717) is 18.5 Å². The van der Waals surface area contributed by atoms with E-state index in [2.05, 4.69) is 5.32 Å². The van der Waals surface area contributed by atoms with E-state index in [1.165, 1.54) is 12.1 Å². The monoisotopic (exact) mass is 311 g/mol. The Hall–Kier alpha value is -1.49. The number of halogens is 2. The molecule has 2 N–H and O–H groups in total. The molecule has 1 aromatic rings. The summed E-state index contributed by atoms with van der Waals surface area (Å²) in [4.78, 5) is 12.2. The van der Waals surface area contributed by atoms with E-state index in [1.54, 1.807) is 0 Å². The fourth-order valence-corrected chi connectivity index (χ4v) is 2.82. The largest absolute Gasteiger partial charge is 0.396 e. The Balaban J connectivity index is 1.93. The van der Waals surface area contributed by atoms with Crippen molar-refractivity contribution in [1.82, 2.24) is 5.32 Å². The van der Waals surface area contributed by atoms with E-state index in [9.17, 15) is 18.7 Å². The first kappa shape index (κ1) is 16.9. The first-order chi connectivity index (χ1) is 10.5. The number of aliphatic hydroxyl groups is 1. The summed E-state index contributed by atoms with van der Waals surface area (Å²) in [5, 5.41) is 12.4. The van der Waals surface area contributed by atoms with Crippen molar-refractivity contribution in [1.29, 1.82) is 0 Å². The van der Waals surface area contributed by atoms with Gasteiger partial charge in [-0.1, -0.05) is 19.9 Å². The van der Waals surface area contributed by atoms with Crippen LogP contribution in [0.1, 0.15) is 44.6 Å². The van der Waals surface area contributed by atoms with E-state index in [0.717, 1.165) is 18.9 Å². The maximum Gasteiger partial charge on any atom is 0.223 e. The zero-order valence-electron chi connectivity index (χ0n) is 13.0. The molecule has 22 heavy (non-hydrogen) atoms. The van der Waals surface area contributed by atoms with Crippen molar-refractivity contribution < 1.29 is 18.7 Å². The van der Waals surface area contributed by atoms with Gasteiger partial charge < -0.3 is 10.4 Å². The van der Waals surface area contributed by atoms with Gasteiger partial charge in [-0.25, -0.2) is 8.78 Å². The highest BCUT2D eigenvalue weighted by Gasteiger charge is 2.45. The van der Waals surface area contributed by atoms with Crippen LogP contribution in [0.3, 0.4) is 0 Å². The maximum atomic E-state index is 13.7. The smallest absolute Gasteiger partial charge is 0.223 e. The lowest BCUT2D eigenvalue weighted by Crippen LogP contribution is -2.40. The van der Waals surface area contributed by atoms with Gasteiger partial charge in [0.2, 0.25) is 5.91 Å². The minimum Gasteiger partial charge on any atom is -0.396 e. The summed E-state index contributed by atoms with van der Waals surface area (Å²) >= 11 is 0. The van der Waals surface area contributed by atoms with Crippen LogP contribution >= 0.6 is 0 Å². The summed E-state index contributed by atoms with van der Waals surface area (Å²) in [6, 6.07) is 3.49. The number of benzene rings is 1. The third-order valence-electron chi connectivity index (χ3n) is 4.96. The van der Waals surface area contributed by atoms with Gasteiger partial charge in [0.25, 0.3) is 0 Å². The quantitative estimate of drug-likeness (QED) is 0.813. The average Bonchev–Trinajstić information content (AvgIpc) is 3.29. The number of carbonyl (C=O) groups is 1. The topological polar surface area (TPSA) is 49.3 Å². The molecule has 0 bridgehead atoms. The van der Waals surface area contributed by atoms with Gasteiger partial charge in [0.15, 0.2) is 0 Å². The second kappa shape index (κ2) is 6.73. The van der Waals surface area contributed by atoms with Crippen LogP contribution in [-0.2, 0) is 4.79 Å². The molecule has 2 rings (SSSR count). The van der Waals surface area contributed by atoms with Gasteiger partial charge >= 0.3 is 0 Å². The first-order valence-electron chi connectivity index (χ1n) is 7.80. The summed E-state index contributed by atoms with van der Waals surface area (Å²) in [6.07, 6.45) is 2.14. The molecule has 1 fully saturated rings. The van der Waals surface area contributed by atoms with Crippen LogP contribution in [0.25, 0.3) is 0 Å². The molecule has 2 atom stereocenters. The van der Waals surface area contributed by atoms with Crippen molar-refractivity contribution in [3.63, 3.8) is 0 Å². The van der Waals surface area contributed by atoms with Crippen molar-refractivity contribution in [3.05, 3.63) is 35.4 Å². The van der Waals surface area contributed by atoms with Gasteiger partial charge in [-0.15, -0.1) is 0 Å². The molecule has 5 heteroatoms. The lowest BCUT2D eigenvalue weighted by atomic mass is 9.83. The molecule has 0 saturated heterocycles. The molecule has 1 aromatic carbocycles. The van der Waals surface area contributed by atoms with Crippen molar-refractivity contribution in [3.8, 4) is 0 Å². The predicted octanol–water partition coefficient (Wildman–Crippen LogP) is 2.98.